The fraction of sp³-hybridized carbons (Fsp3) is 0.217. The van der Waals surface area contributed by atoms with Crippen LogP contribution in [0.3, 0.4) is 0 Å². The second-order valence-electron chi connectivity index (χ2n) is 6.24. The molecule has 0 spiro atoms. The van der Waals surface area contributed by atoms with Gasteiger partial charge in [0.05, 0.1) is 6.61 Å². The molecule has 3 aromatic carbocycles. The van der Waals surface area contributed by atoms with Gasteiger partial charge in [-0.3, -0.25) is 0 Å². The van der Waals surface area contributed by atoms with E-state index in [2.05, 4.69) is 19.1 Å². The molecule has 0 atom stereocenters. The highest BCUT2D eigenvalue weighted by Gasteiger charge is 2.08. The van der Waals surface area contributed by atoms with Gasteiger partial charge in [0.2, 0.25) is 0 Å². The van der Waals surface area contributed by atoms with Crippen molar-refractivity contribution in [1.82, 2.24) is 0 Å². The molecule has 0 aromatic heterocycles. The number of ether oxygens (including phenoxy) is 1. The third-order valence-corrected chi connectivity index (χ3v) is 4.32. The number of hydrogen-bond acceptors (Lipinski definition) is 2. The molecule has 0 amide bonds. The van der Waals surface area contributed by atoms with E-state index in [9.17, 15) is 4.39 Å². The van der Waals surface area contributed by atoms with Crippen LogP contribution in [0.4, 0.5) is 4.39 Å². The van der Waals surface area contributed by atoms with Gasteiger partial charge >= 0.3 is 0 Å². The minimum absolute atomic E-state index is 0.0200. The molecule has 0 aliphatic rings. The molecule has 3 heteroatoms. The standard InChI is InChI=1S/C23H23FO2/c1-2-3-17-4-6-19(7-5-17)22-13-10-20(16-23(22)24)18-8-11-21(12-9-18)26-15-14-25/h4-13,16,25H,2-3,14-15H2,1H3. The van der Waals surface area contributed by atoms with Gasteiger partial charge in [-0.25, -0.2) is 4.39 Å². The lowest BCUT2D eigenvalue weighted by atomic mass is 9.98. The van der Waals surface area contributed by atoms with E-state index in [-0.39, 0.29) is 19.0 Å². The summed E-state index contributed by atoms with van der Waals surface area (Å²) < 4.78 is 20.0. The molecule has 26 heavy (non-hydrogen) atoms. The Morgan fingerprint density at radius 1 is 0.846 bits per heavy atom. The lowest BCUT2D eigenvalue weighted by Crippen LogP contribution is -2.01. The summed E-state index contributed by atoms with van der Waals surface area (Å²) in [5.74, 6) is 0.457. The maximum Gasteiger partial charge on any atom is 0.131 e. The summed E-state index contributed by atoms with van der Waals surface area (Å²) in [6.07, 6.45) is 2.14. The van der Waals surface area contributed by atoms with Crippen LogP contribution in [0.15, 0.2) is 66.7 Å². The Hall–Kier alpha value is -2.65. The van der Waals surface area contributed by atoms with E-state index in [1.54, 1.807) is 6.07 Å². The molecule has 3 aromatic rings. The van der Waals surface area contributed by atoms with Crippen molar-refractivity contribution in [3.05, 3.63) is 78.1 Å². The molecule has 0 aliphatic carbocycles. The molecular formula is C23H23FO2. The summed E-state index contributed by atoms with van der Waals surface area (Å²) in [7, 11) is 0. The van der Waals surface area contributed by atoms with Gasteiger partial charge in [0.15, 0.2) is 0 Å². The molecule has 0 fully saturated rings. The molecule has 0 radical (unpaired) electrons. The first kappa shape index (κ1) is 18.2. The summed E-state index contributed by atoms with van der Waals surface area (Å²) in [5, 5.41) is 8.79. The normalized spacial score (nSPS) is 10.7. The SMILES string of the molecule is CCCc1ccc(-c2ccc(-c3ccc(OCCO)cc3)cc2F)cc1. The Kier molecular flexibility index (Phi) is 6.03. The van der Waals surface area contributed by atoms with Gasteiger partial charge in [-0.2, -0.15) is 0 Å². The molecular weight excluding hydrogens is 327 g/mol. The molecule has 0 unspecified atom stereocenters. The van der Waals surface area contributed by atoms with Crippen molar-refractivity contribution in [2.45, 2.75) is 19.8 Å². The van der Waals surface area contributed by atoms with Crippen molar-refractivity contribution in [2.24, 2.45) is 0 Å². The summed E-state index contributed by atoms with van der Waals surface area (Å²) in [6, 6.07) is 20.9. The van der Waals surface area contributed by atoms with Crippen LogP contribution in [0, 0.1) is 5.82 Å². The van der Waals surface area contributed by atoms with E-state index in [1.165, 1.54) is 5.56 Å². The van der Waals surface area contributed by atoms with Gasteiger partial charge in [0.1, 0.15) is 18.2 Å². The summed E-state index contributed by atoms with van der Waals surface area (Å²) in [6.45, 7) is 2.39. The lowest BCUT2D eigenvalue weighted by molar-refractivity contribution is 0.201. The van der Waals surface area contributed by atoms with Gasteiger partial charge in [0, 0.05) is 5.56 Å². The van der Waals surface area contributed by atoms with Crippen LogP contribution >= 0.6 is 0 Å². The average Bonchev–Trinajstić information content (AvgIpc) is 2.68. The maximum absolute atomic E-state index is 14.7. The number of aliphatic hydroxyl groups is 1. The second kappa shape index (κ2) is 8.63. The van der Waals surface area contributed by atoms with E-state index in [0.29, 0.717) is 11.3 Å². The van der Waals surface area contributed by atoms with Crippen molar-refractivity contribution >= 4 is 0 Å². The quantitative estimate of drug-likeness (QED) is 0.611. The largest absolute Gasteiger partial charge is 0.491 e. The number of benzene rings is 3. The number of hydrogen-bond donors (Lipinski definition) is 1. The van der Waals surface area contributed by atoms with Crippen LogP contribution in [0.5, 0.6) is 5.75 Å². The van der Waals surface area contributed by atoms with Crippen LogP contribution in [0.1, 0.15) is 18.9 Å². The minimum Gasteiger partial charge on any atom is -0.491 e. The first-order chi connectivity index (χ1) is 12.7. The highest BCUT2D eigenvalue weighted by atomic mass is 19.1. The summed E-state index contributed by atoms with van der Waals surface area (Å²) in [5.41, 5.74) is 4.52. The monoisotopic (exact) mass is 350 g/mol. The van der Waals surface area contributed by atoms with Gasteiger partial charge < -0.3 is 9.84 Å². The van der Waals surface area contributed by atoms with Crippen LogP contribution in [-0.4, -0.2) is 18.3 Å². The number of aliphatic hydroxyl groups excluding tert-OH is 1. The van der Waals surface area contributed by atoms with Gasteiger partial charge in [-0.15, -0.1) is 0 Å². The zero-order valence-corrected chi connectivity index (χ0v) is 14.9. The van der Waals surface area contributed by atoms with Crippen molar-refractivity contribution in [3.8, 4) is 28.0 Å². The molecule has 134 valence electrons. The fourth-order valence-corrected chi connectivity index (χ4v) is 2.98. The number of aryl methyl sites for hydroxylation is 1. The Balaban J connectivity index is 1.80. The summed E-state index contributed by atoms with van der Waals surface area (Å²) >= 11 is 0. The Labute approximate surface area is 153 Å². The van der Waals surface area contributed by atoms with Crippen LogP contribution in [0.25, 0.3) is 22.3 Å². The molecule has 0 saturated heterocycles. The van der Waals surface area contributed by atoms with Gasteiger partial charge in [0.25, 0.3) is 0 Å². The maximum atomic E-state index is 14.7. The van der Waals surface area contributed by atoms with Crippen molar-refractivity contribution in [3.63, 3.8) is 0 Å². The first-order valence-corrected chi connectivity index (χ1v) is 8.94. The highest BCUT2D eigenvalue weighted by Crippen LogP contribution is 2.29. The van der Waals surface area contributed by atoms with E-state index in [4.69, 9.17) is 9.84 Å². The van der Waals surface area contributed by atoms with Crippen LogP contribution in [0.2, 0.25) is 0 Å². The van der Waals surface area contributed by atoms with Gasteiger partial charge in [-0.05, 0) is 46.9 Å². The second-order valence-corrected chi connectivity index (χ2v) is 6.24. The zero-order valence-electron chi connectivity index (χ0n) is 14.9. The Bertz CT molecular complexity index is 839. The molecule has 2 nitrogen and oxygen atoms in total. The van der Waals surface area contributed by atoms with E-state index in [1.807, 2.05) is 48.5 Å². The van der Waals surface area contributed by atoms with Gasteiger partial charge in [-0.1, -0.05) is 61.9 Å². The topological polar surface area (TPSA) is 29.5 Å². The van der Waals surface area contributed by atoms with E-state index < -0.39 is 0 Å². The Morgan fingerprint density at radius 2 is 1.50 bits per heavy atom. The third-order valence-electron chi connectivity index (χ3n) is 4.32. The highest BCUT2D eigenvalue weighted by molar-refractivity contribution is 5.71. The first-order valence-electron chi connectivity index (χ1n) is 8.94. The average molecular weight is 350 g/mol. The van der Waals surface area contributed by atoms with Crippen molar-refractivity contribution < 1.29 is 14.2 Å². The van der Waals surface area contributed by atoms with E-state index in [0.717, 1.165) is 29.5 Å². The molecule has 0 saturated carbocycles. The zero-order chi connectivity index (χ0) is 18.4. The molecule has 3 rings (SSSR count). The molecule has 0 bridgehead atoms. The minimum atomic E-state index is -0.230. The fourth-order valence-electron chi connectivity index (χ4n) is 2.98. The Morgan fingerprint density at radius 3 is 2.12 bits per heavy atom. The number of halogens is 1. The number of rotatable bonds is 7. The molecule has 1 N–H and O–H groups in total. The predicted molar refractivity (Wildman–Crippen MR) is 104 cm³/mol. The molecule has 0 aliphatic heterocycles. The van der Waals surface area contributed by atoms with Crippen molar-refractivity contribution in [1.29, 1.82) is 0 Å². The lowest BCUT2D eigenvalue weighted by Gasteiger charge is -2.09. The van der Waals surface area contributed by atoms with E-state index >= 15 is 0 Å². The molecule has 0 heterocycles. The smallest absolute Gasteiger partial charge is 0.131 e. The van der Waals surface area contributed by atoms with Crippen LogP contribution < -0.4 is 4.74 Å². The summed E-state index contributed by atoms with van der Waals surface area (Å²) in [4.78, 5) is 0. The van der Waals surface area contributed by atoms with Crippen LogP contribution in [-0.2, 0) is 6.42 Å². The van der Waals surface area contributed by atoms with Crippen molar-refractivity contribution in [2.75, 3.05) is 13.2 Å². The third kappa shape index (κ3) is 4.30. The predicted octanol–water partition coefficient (Wildman–Crippen LogP) is 5.48.